The minimum absolute atomic E-state index is 0.427. The predicted octanol–water partition coefficient (Wildman–Crippen LogP) is 0.504. The van der Waals surface area contributed by atoms with Gasteiger partial charge in [-0.25, -0.2) is 9.59 Å². The van der Waals surface area contributed by atoms with Gasteiger partial charge in [-0.15, -0.1) is 0 Å². The molecule has 0 atom stereocenters. The second kappa shape index (κ2) is 3.29. The molecule has 0 aliphatic heterocycles. The molecule has 0 unspecified atom stereocenters. The number of aromatic amines is 1. The first-order valence-electron chi connectivity index (χ1n) is 4.11. The SMILES string of the molecule is N#Cc1ccc2c(c1)[nH]c(=O)n2C=C=O. The van der Waals surface area contributed by atoms with Crippen molar-refractivity contribution < 1.29 is 4.79 Å². The van der Waals surface area contributed by atoms with E-state index in [1.165, 1.54) is 5.94 Å². The topological polar surface area (TPSA) is 78.7 Å². The number of carbonyl (C=O) groups excluding carboxylic acids is 1. The molecule has 2 rings (SSSR count). The zero-order chi connectivity index (χ0) is 10.8. The van der Waals surface area contributed by atoms with Crippen LogP contribution in [0.3, 0.4) is 0 Å². The maximum atomic E-state index is 11.3. The first-order valence-corrected chi connectivity index (χ1v) is 4.11. The largest absolute Gasteiger partial charge is 0.331 e. The number of hydrogen-bond donors (Lipinski definition) is 1. The minimum atomic E-state index is -0.427. The summed E-state index contributed by atoms with van der Waals surface area (Å²) in [5.41, 5.74) is 1.09. The molecule has 5 heteroatoms. The number of benzene rings is 1. The third kappa shape index (κ3) is 1.35. The zero-order valence-electron chi connectivity index (χ0n) is 7.52. The highest BCUT2D eigenvalue weighted by atomic mass is 16.1. The molecule has 1 aromatic carbocycles. The van der Waals surface area contributed by atoms with E-state index in [9.17, 15) is 9.59 Å². The molecule has 0 fully saturated rings. The van der Waals surface area contributed by atoms with Gasteiger partial charge in [0.1, 0.15) is 5.94 Å². The Labute approximate surface area is 83.9 Å². The van der Waals surface area contributed by atoms with Crippen LogP contribution in [0.1, 0.15) is 5.56 Å². The van der Waals surface area contributed by atoms with Crippen LogP contribution in [0.5, 0.6) is 0 Å². The van der Waals surface area contributed by atoms with Crippen molar-refractivity contribution in [3.63, 3.8) is 0 Å². The molecule has 5 nitrogen and oxygen atoms in total. The van der Waals surface area contributed by atoms with Crippen molar-refractivity contribution in [2.24, 2.45) is 0 Å². The van der Waals surface area contributed by atoms with Gasteiger partial charge in [0, 0.05) is 0 Å². The van der Waals surface area contributed by atoms with Gasteiger partial charge in [-0.05, 0) is 18.2 Å². The summed E-state index contributed by atoms with van der Waals surface area (Å²) in [7, 11) is 0. The van der Waals surface area contributed by atoms with Gasteiger partial charge >= 0.3 is 5.69 Å². The van der Waals surface area contributed by atoms with Crippen molar-refractivity contribution in [1.82, 2.24) is 9.55 Å². The van der Waals surface area contributed by atoms with Crippen LogP contribution in [0.25, 0.3) is 17.2 Å². The van der Waals surface area contributed by atoms with Crippen molar-refractivity contribution >= 4 is 23.2 Å². The van der Waals surface area contributed by atoms with E-state index in [1.807, 2.05) is 6.07 Å². The minimum Gasteiger partial charge on any atom is -0.305 e. The summed E-state index contributed by atoms with van der Waals surface area (Å²) in [5, 5.41) is 8.66. The second-order valence-corrected chi connectivity index (χ2v) is 2.89. The standard InChI is InChI=1S/C10H5N3O2/c11-6-7-1-2-9-8(5-7)12-10(15)13(9)3-4-14/h1-3,5H,(H,12,15). The second-order valence-electron chi connectivity index (χ2n) is 2.89. The van der Waals surface area contributed by atoms with Crippen LogP contribution in [-0.2, 0) is 4.79 Å². The number of nitrogens with one attached hydrogen (secondary N) is 1. The predicted molar refractivity (Wildman–Crippen MR) is 53.7 cm³/mol. The quantitative estimate of drug-likeness (QED) is 0.679. The van der Waals surface area contributed by atoms with E-state index < -0.39 is 5.69 Å². The van der Waals surface area contributed by atoms with Crippen LogP contribution in [0.15, 0.2) is 23.0 Å². The number of nitriles is 1. The number of H-pyrrole nitrogens is 1. The molecule has 0 aliphatic carbocycles. The average molecular weight is 199 g/mol. The van der Waals surface area contributed by atoms with Crippen molar-refractivity contribution in [2.45, 2.75) is 0 Å². The average Bonchev–Trinajstić information content (AvgIpc) is 2.55. The summed E-state index contributed by atoms with van der Waals surface area (Å²) in [6.07, 6.45) is 1.01. The van der Waals surface area contributed by atoms with Crippen molar-refractivity contribution in [3.05, 3.63) is 34.2 Å². The fraction of sp³-hybridized carbons (Fsp3) is 0. The van der Waals surface area contributed by atoms with Crippen LogP contribution < -0.4 is 5.69 Å². The van der Waals surface area contributed by atoms with Crippen molar-refractivity contribution in [3.8, 4) is 6.07 Å². The van der Waals surface area contributed by atoms with Crippen LogP contribution in [0, 0.1) is 11.3 Å². The summed E-state index contributed by atoms with van der Waals surface area (Å²) in [5.74, 6) is 1.53. The highest BCUT2D eigenvalue weighted by Crippen LogP contribution is 2.11. The van der Waals surface area contributed by atoms with Gasteiger partial charge < -0.3 is 4.98 Å². The maximum Gasteiger partial charge on any atom is 0.331 e. The molecular weight excluding hydrogens is 194 g/mol. The van der Waals surface area contributed by atoms with Gasteiger partial charge in [-0.3, -0.25) is 4.57 Å². The lowest BCUT2D eigenvalue weighted by Crippen LogP contribution is -2.10. The molecule has 1 N–H and O–H groups in total. The maximum absolute atomic E-state index is 11.3. The highest BCUT2D eigenvalue weighted by molar-refractivity contribution is 5.81. The summed E-state index contributed by atoms with van der Waals surface area (Å²) < 4.78 is 1.14. The van der Waals surface area contributed by atoms with E-state index in [0.717, 1.165) is 10.8 Å². The van der Waals surface area contributed by atoms with E-state index in [4.69, 9.17) is 5.26 Å². The van der Waals surface area contributed by atoms with Crippen molar-refractivity contribution in [1.29, 1.82) is 5.26 Å². The van der Waals surface area contributed by atoms with Gasteiger partial charge in [0.25, 0.3) is 0 Å². The molecule has 0 bridgehead atoms. The molecule has 0 aliphatic rings. The Morgan fingerprint density at radius 1 is 1.47 bits per heavy atom. The molecule has 1 aromatic heterocycles. The monoisotopic (exact) mass is 199 g/mol. The Morgan fingerprint density at radius 3 is 2.93 bits per heavy atom. The Balaban J connectivity index is 2.86. The summed E-state index contributed by atoms with van der Waals surface area (Å²) in [6, 6.07) is 6.68. The molecule has 0 radical (unpaired) electrons. The van der Waals surface area contributed by atoms with E-state index in [2.05, 4.69) is 4.98 Å². The summed E-state index contributed by atoms with van der Waals surface area (Å²) in [6.45, 7) is 0. The number of hydrogen-bond acceptors (Lipinski definition) is 3. The molecule has 0 amide bonds. The molecule has 0 spiro atoms. The molecular formula is C10H5N3O2. The van der Waals surface area contributed by atoms with Crippen LogP contribution in [0.2, 0.25) is 0 Å². The first-order chi connectivity index (χ1) is 7.26. The first kappa shape index (κ1) is 9.00. The number of nitrogens with zero attached hydrogens (tertiary/aromatic N) is 2. The summed E-state index contributed by atoms with van der Waals surface area (Å²) >= 11 is 0. The third-order valence-electron chi connectivity index (χ3n) is 2.03. The van der Waals surface area contributed by atoms with Crippen LogP contribution in [-0.4, -0.2) is 15.5 Å². The lowest BCUT2D eigenvalue weighted by Gasteiger charge is -1.92. The Morgan fingerprint density at radius 2 is 2.27 bits per heavy atom. The van der Waals surface area contributed by atoms with Crippen LogP contribution in [0.4, 0.5) is 0 Å². The molecule has 1 heterocycles. The number of aromatic nitrogens is 2. The number of imidazole rings is 1. The molecule has 0 saturated carbocycles. The highest BCUT2D eigenvalue weighted by Gasteiger charge is 2.04. The fourth-order valence-corrected chi connectivity index (χ4v) is 1.38. The molecule has 2 aromatic rings. The fourth-order valence-electron chi connectivity index (χ4n) is 1.38. The van der Waals surface area contributed by atoms with E-state index in [-0.39, 0.29) is 0 Å². The van der Waals surface area contributed by atoms with Gasteiger partial charge in [-0.1, -0.05) is 0 Å². The van der Waals surface area contributed by atoms with Gasteiger partial charge in [0.15, 0.2) is 0 Å². The molecule has 15 heavy (non-hydrogen) atoms. The summed E-state index contributed by atoms with van der Waals surface area (Å²) in [4.78, 5) is 24.1. The van der Waals surface area contributed by atoms with Crippen LogP contribution >= 0.6 is 0 Å². The number of fused-ring (bicyclic) bond motifs is 1. The Hall–Kier alpha value is -2.57. The van der Waals surface area contributed by atoms with E-state index in [1.54, 1.807) is 18.2 Å². The lowest BCUT2D eigenvalue weighted by molar-refractivity contribution is 0.569. The third-order valence-corrected chi connectivity index (χ3v) is 2.03. The Bertz CT molecular complexity index is 666. The van der Waals surface area contributed by atoms with Gasteiger partial charge in [0.2, 0.25) is 0 Å². The van der Waals surface area contributed by atoms with Gasteiger partial charge in [-0.2, -0.15) is 5.26 Å². The molecule has 0 saturated heterocycles. The lowest BCUT2D eigenvalue weighted by atomic mass is 10.2. The normalized spacial score (nSPS) is 9.53. The number of rotatable bonds is 1. The van der Waals surface area contributed by atoms with E-state index >= 15 is 0 Å². The smallest absolute Gasteiger partial charge is 0.305 e. The zero-order valence-corrected chi connectivity index (χ0v) is 7.52. The van der Waals surface area contributed by atoms with Crippen molar-refractivity contribution in [2.75, 3.05) is 0 Å². The van der Waals surface area contributed by atoms with Gasteiger partial charge in [0.05, 0.1) is 28.9 Å². The Kier molecular flexibility index (Phi) is 1.98. The molecule has 72 valence electrons. The van der Waals surface area contributed by atoms with E-state index in [0.29, 0.717) is 16.6 Å².